The third-order valence-electron chi connectivity index (χ3n) is 4.40. The van der Waals surface area contributed by atoms with Crippen molar-refractivity contribution >= 4 is 0 Å². The quantitative estimate of drug-likeness (QED) is 0.839. The number of hydrogen-bond acceptors (Lipinski definition) is 3. The average molecular weight is 262 g/mol. The van der Waals surface area contributed by atoms with E-state index in [4.69, 9.17) is 0 Å². The largest absolute Gasteiger partial charge is 0.378 e. The van der Waals surface area contributed by atoms with Gasteiger partial charge in [0.05, 0.1) is 6.54 Å². The van der Waals surface area contributed by atoms with Crippen LogP contribution in [0, 0.1) is 5.92 Å². The second-order valence-corrected chi connectivity index (χ2v) is 5.83. The van der Waals surface area contributed by atoms with Crippen molar-refractivity contribution in [3.05, 3.63) is 0 Å². The van der Waals surface area contributed by atoms with E-state index in [0.29, 0.717) is 12.3 Å². The molecule has 2 atom stereocenters. The molecule has 0 aromatic carbocycles. The molecule has 2 saturated heterocycles. The van der Waals surface area contributed by atoms with Crippen LogP contribution in [0.5, 0.6) is 0 Å². The molecule has 106 valence electrons. The summed E-state index contributed by atoms with van der Waals surface area (Å²) in [4.78, 5) is 3.88. The summed E-state index contributed by atoms with van der Waals surface area (Å²) in [7, 11) is 2.07. The van der Waals surface area contributed by atoms with Crippen molar-refractivity contribution in [3.8, 4) is 0 Å². The fraction of sp³-hybridized carbons (Fsp3) is 1.00. The molecule has 0 aromatic heterocycles. The molecule has 0 aliphatic carbocycles. The topological polar surface area (TPSA) is 26.7 Å². The van der Waals surface area contributed by atoms with Crippen LogP contribution < -0.4 is 0 Å². The zero-order valence-electron chi connectivity index (χ0n) is 11.3. The predicted octanol–water partition coefficient (Wildman–Crippen LogP) is 1.77. The summed E-state index contributed by atoms with van der Waals surface area (Å²) in [5.41, 5.74) is 0. The van der Waals surface area contributed by atoms with Crippen LogP contribution in [0.15, 0.2) is 0 Å². The minimum atomic E-state index is -2.63. The lowest BCUT2D eigenvalue weighted by Crippen LogP contribution is -2.45. The predicted molar refractivity (Wildman–Crippen MR) is 66.6 cm³/mol. The van der Waals surface area contributed by atoms with Gasteiger partial charge < -0.3 is 10.0 Å². The molecule has 2 aliphatic rings. The lowest BCUT2D eigenvalue weighted by molar-refractivity contribution is -0.0457. The molecule has 1 N–H and O–H groups in total. The molecule has 2 unspecified atom stereocenters. The lowest BCUT2D eigenvalue weighted by Gasteiger charge is -2.38. The van der Waals surface area contributed by atoms with Crippen LogP contribution >= 0.6 is 0 Å². The van der Waals surface area contributed by atoms with Crippen molar-refractivity contribution in [2.75, 3.05) is 26.7 Å². The van der Waals surface area contributed by atoms with Crippen LogP contribution in [-0.2, 0) is 0 Å². The lowest BCUT2D eigenvalue weighted by atomic mass is 9.87. The molecule has 2 heterocycles. The van der Waals surface area contributed by atoms with Crippen LogP contribution in [-0.4, -0.2) is 59.8 Å². The van der Waals surface area contributed by atoms with Crippen molar-refractivity contribution in [1.29, 1.82) is 0 Å². The molecule has 0 amide bonds. The SMILES string of the molecule is CCC(O)N1CC(F)(F)CC1C1CCN(C)CC1. The molecule has 0 aromatic rings. The number of hydrogen-bond donors (Lipinski definition) is 1. The second kappa shape index (κ2) is 5.39. The first-order valence-corrected chi connectivity index (χ1v) is 6.93. The number of piperidine rings is 1. The van der Waals surface area contributed by atoms with Crippen molar-refractivity contribution in [3.63, 3.8) is 0 Å². The number of alkyl halides is 2. The van der Waals surface area contributed by atoms with Gasteiger partial charge in [-0.15, -0.1) is 0 Å². The number of halogens is 2. The zero-order valence-corrected chi connectivity index (χ0v) is 11.3. The van der Waals surface area contributed by atoms with Crippen molar-refractivity contribution in [1.82, 2.24) is 9.80 Å². The highest BCUT2D eigenvalue weighted by atomic mass is 19.3. The highest BCUT2D eigenvalue weighted by Crippen LogP contribution is 2.39. The van der Waals surface area contributed by atoms with Gasteiger partial charge in [-0.05, 0) is 45.3 Å². The Morgan fingerprint density at radius 3 is 2.50 bits per heavy atom. The Kier molecular flexibility index (Phi) is 4.24. The number of aliphatic hydroxyl groups is 1. The molecular formula is C13H24F2N2O. The van der Waals surface area contributed by atoms with Gasteiger partial charge in [-0.25, -0.2) is 8.78 Å². The summed E-state index contributed by atoms with van der Waals surface area (Å²) in [6.07, 6.45) is 1.63. The van der Waals surface area contributed by atoms with Crippen LogP contribution in [0.2, 0.25) is 0 Å². The monoisotopic (exact) mass is 262 g/mol. The first-order chi connectivity index (χ1) is 8.43. The van der Waals surface area contributed by atoms with E-state index in [1.165, 1.54) is 0 Å². The fourth-order valence-electron chi connectivity index (χ4n) is 3.28. The highest BCUT2D eigenvalue weighted by molar-refractivity contribution is 4.95. The zero-order chi connectivity index (χ0) is 13.3. The van der Waals surface area contributed by atoms with Crippen LogP contribution in [0.25, 0.3) is 0 Å². The first kappa shape index (κ1) is 14.2. The molecule has 0 spiro atoms. The molecular weight excluding hydrogens is 238 g/mol. The van der Waals surface area contributed by atoms with Gasteiger partial charge in [-0.3, -0.25) is 4.90 Å². The van der Waals surface area contributed by atoms with Gasteiger partial charge in [-0.2, -0.15) is 0 Å². The Hall–Kier alpha value is -0.260. The van der Waals surface area contributed by atoms with Crippen molar-refractivity contribution < 1.29 is 13.9 Å². The Morgan fingerprint density at radius 1 is 1.33 bits per heavy atom. The molecule has 3 nitrogen and oxygen atoms in total. The van der Waals surface area contributed by atoms with Gasteiger partial charge in [0, 0.05) is 12.5 Å². The van der Waals surface area contributed by atoms with E-state index < -0.39 is 12.2 Å². The van der Waals surface area contributed by atoms with Crippen molar-refractivity contribution in [2.24, 2.45) is 5.92 Å². The standard InChI is InChI=1S/C13H24F2N2O/c1-3-12(18)17-9-13(14,15)8-11(17)10-4-6-16(2)7-5-10/h10-12,18H,3-9H2,1-2H3. The van der Waals surface area contributed by atoms with E-state index in [2.05, 4.69) is 11.9 Å². The van der Waals surface area contributed by atoms with E-state index in [1.807, 2.05) is 6.92 Å². The van der Waals surface area contributed by atoms with E-state index in [9.17, 15) is 13.9 Å². The summed E-state index contributed by atoms with van der Waals surface area (Å²) in [5.74, 6) is -2.33. The maximum absolute atomic E-state index is 13.6. The smallest absolute Gasteiger partial charge is 0.262 e. The first-order valence-electron chi connectivity index (χ1n) is 6.93. The molecule has 2 aliphatic heterocycles. The number of nitrogens with zero attached hydrogens (tertiary/aromatic N) is 2. The number of likely N-dealkylation sites (tertiary alicyclic amines) is 2. The molecule has 18 heavy (non-hydrogen) atoms. The number of rotatable bonds is 3. The molecule has 2 fully saturated rings. The molecule has 5 heteroatoms. The van der Waals surface area contributed by atoms with E-state index in [0.717, 1.165) is 25.9 Å². The Balaban J connectivity index is 2.04. The summed E-state index contributed by atoms with van der Waals surface area (Å²) < 4.78 is 27.2. The fourth-order valence-corrected chi connectivity index (χ4v) is 3.28. The molecule has 0 radical (unpaired) electrons. The van der Waals surface area contributed by atoms with Gasteiger partial charge in [0.15, 0.2) is 0 Å². The molecule has 0 bridgehead atoms. The van der Waals surface area contributed by atoms with Gasteiger partial charge in [0.2, 0.25) is 0 Å². The summed E-state index contributed by atoms with van der Waals surface area (Å²) >= 11 is 0. The highest BCUT2D eigenvalue weighted by Gasteiger charge is 2.49. The third kappa shape index (κ3) is 3.00. The summed E-state index contributed by atoms with van der Waals surface area (Å²) in [5, 5.41) is 9.93. The minimum Gasteiger partial charge on any atom is -0.378 e. The second-order valence-electron chi connectivity index (χ2n) is 5.83. The van der Waals surface area contributed by atoms with E-state index >= 15 is 0 Å². The van der Waals surface area contributed by atoms with Gasteiger partial charge in [0.1, 0.15) is 6.23 Å². The van der Waals surface area contributed by atoms with Crippen LogP contribution in [0.3, 0.4) is 0 Å². The average Bonchev–Trinajstić information content (AvgIpc) is 2.65. The normalized spacial score (nSPS) is 32.8. The molecule has 0 saturated carbocycles. The maximum Gasteiger partial charge on any atom is 0.262 e. The third-order valence-corrected chi connectivity index (χ3v) is 4.40. The van der Waals surface area contributed by atoms with Crippen molar-refractivity contribution in [2.45, 2.75) is 50.8 Å². The molecule has 2 rings (SSSR count). The van der Waals surface area contributed by atoms with E-state index in [1.54, 1.807) is 4.90 Å². The Labute approximate surface area is 108 Å². The summed E-state index contributed by atoms with van der Waals surface area (Å²) in [6, 6.07) is -0.149. The van der Waals surface area contributed by atoms with Gasteiger partial charge in [0.25, 0.3) is 5.92 Å². The minimum absolute atomic E-state index is 0.0849. The van der Waals surface area contributed by atoms with Crippen LogP contribution in [0.1, 0.15) is 32.6 Å². The Bertz CT molecular complexity index is 280. The number of aliphatic hydroxyl groups excluding tert-OH is 1. The van der Waals surface area contributed by atoms with Gasteiger partial charge in [-0.1, -0.05) is 6.92 Å². The Morgan fingerprint density at radius 2 is 1.94 bits per heavy atom. The van der Waals surface area contributed by atoms with E-state index in [-0.39, 0.29) is 19.0 Å². The van der Waals surface area contributed by atoms with Gasteiger partial charge >= 0.3 is 0 Å². The summed E-state index contributed by atoms with van der Waals surface area (Å²) in [6.45, 7) is 3.51. The van der Waals surface area contributed by atoms with Crippen LogP contribution in [0.4, 0.5) is 8.78 Å². The maximum atomic E-state index is 13.6.